The van der Waals surface area contributed by atoms with Crippen LogP contribution in [0, 0.1) is 0 Å². The van der Waals surface area contributed by atoms with E-state index in [9.17, 15) is 30.6 Å². The molecule has 136 valence electrons. The lowest BCUT2D eigenvalue weighted by atomic mass is 9.96. The average Bonchev–Trinajstić information content (AvgIpc) is 2.55. The first-order valence-corrected chi connectivity index (χ1v) is 7.15. The Morgan fingerprint density at radius 3 is 1.96 bits per heavy atom. The minimum Gasteiger partial charge on any atom is -0.394 e. The summed E-state index contributed by atoms with van der Waals surface area (Å²) in [6.07, 6.45) is -13.0. The van der Waals surface area contributed by atoms with Crippen LogP contribution >= 0.6 is 0 Å². The Morgan fingerprint density at radius 1 is 0.783 bits per heavy atom. The lowest BCUT2D eigenvalue weighted by Crippen LogP contribution is -2.66. The van der Waals surface area contributed by atoms with Crippen molar-refractivity contribution in [2.24, 2.45) is 5.73 Å². The van der Waals surface area contributed by atoms with Crippen LogP contribution in [0.4, 0.5) is 0 Å². The summed E-state index contributed by atoms with van der Waals surface area (Å²) in [6, 6.07) is -1.23. The maximum Gasteiger partial charge on any atom is 0.187 e. The second-order valence-corrected chi connectivity index (χ2v) is 5.61. The van der Waals surface area contributed by atoms with Gasteiger partial charge in [-0.25, -0.2) is 0 Å². The number of hydrogen-bond donors (Lipinski definition) is 8. The van der Waals surface area contributed by atoms with Gasteiger partial charge in [0.15, 0.2) is 12.6 Å². The molecule has 0 amide bonds. The largest absolute Gasteiger partial charge is 0.394 e. The number of aliphatic hydroxyl groups excluding tert-OH is 7. The van der Waals surface area contributed by atoms with Crippen LogP contribution in [0.25, 0.3) is 0 Å². The highest BCUT2D eigenvalue weighted by atomic mass is 16.7. The zero-order chi connectivity index (χ0) is 17.3. The van der Waals surface area contributed by atoms with Gasteiger partial charge in [0.05, 0.1) is 19.3 Å². The van der Waals surface area contributed by atoms with Gasteiger partial charge >= 0.3 is 0 Å². The van der Waals surface area contributed by atoms with E-state index < -0.39 is 74.6 Å². The van der Waals surface area contributed by atoms with Crippen LogP contribution in [0.3, 0.4) is 0 Å². The van der Waals surface area contributed by atoms with Crippen molar-refractivity contribution in [2.75, 3.05) is 13.2 Å². The van der Waals surface area contributed by atoms with Crippen molar-refractivity contribution in [3.63, 3.8) is 0 Å². The van der Waals surface area contributed by atoms with Gasteiger partial charge in [0.2, 0.25) is 0 Å². The van der Waals surface area contributed by atoms with E-state index in [0.29, 0.717) is 0 Å². The summed E-state index contributed by atoms with van der Waals surface area (Å²) >= 11 is 0. The third kappa shape index (κ3) is 3.65. The standard InChI is InChI=1S/C12H23NO10/c13-5-7(17)10(4(2-15)21-11(5)20)23-12-9(19)8(18)6(16)3(1-14)22-12/h3-12,14-20H,1-2,13H2/t3-,4+,5-,6-,7+,8+,9-,10+,11+,12+/m0/s1. The van der Waals surface area contributed by atoms with E-state index >= 15 is 0 Å². The number of hydrogen-bond acceptors (Lipinski definition) is 11. The van der Waals surface area contributed by atoms with Gasteiger partial charge in [0.1, 0.15) is 42.7 Å². The third-order valence-corrected chi connectivity index (χ3v) is 4.06. The molecule has 0 radical (unpaired) electrons. The predicted octanol–water partition coefficient (Wildman–Crippen LogP) is -5.43. The van der Waals surface area contributed by atoms with Crippen molar-refractivity contribution in [3.05, 3.63) is 0 Å². The van der Waals surface area contributed by atoms with E-state index in [1.165, 1.54) is 0 Å². The van der Waals surface area contributed by atoms with Crippen LogP contribution in [0.5, 0.6) is 0 Å². The summed E-state index contributed by atoms with van der Waals surface area (Å²) in [4.78, 5) is 0. The van der Waals surface area contributed by atoms with Gasteiger partial charge in [-0.3, -0.25) is 0 Å². The van der Waals surface area contributed by atoms with Gasteiger partial charge < -0.3 is 55.7 Å². The summed E-state index contributed by atoms with van der Waals surface area (Å²) in [5, 5.41) is 67.3. The zero-order valence-corrected chi connectivity index (χ0v) is 12.1. The molecule has 0 aromatic carbocycles. The minimum absolute atomic E-state index is 0.622. The molecule has 0 aliphatic carbocycles. The summed E-state index contributed by atoms with van der Waals surface area (Å²) in [7, 11) is 0. The zero-order valence-electron chi connectivity index (χ0n) is 12.1. The van der Waals surface area contributed by atoms with Crippen molar-refractivity contribution >= 4 is 0 Å². The molecule has 2 fully saturated rings. The van der Waals surface area contributed by atoms with E-state index in [2.05, 4.69) is 0 Å². The molecule has 23 heavy (non-hydrogen) atoms. The molecule has 0 unspecified atom stereocenters. The molecule has 10 atom stereocenters. The topological polar surface area (TPSA) is 195 Å². The molecule has 9 N–H and O–H groups in total. The highest BCUT2D eigenvalue weighted by Crippen LogP contribution is 2.27. The summed E-state index contributed by atoms with van der Waals surface area (Å²) < 4.78 is 15.5. The van der Waals surface area contributed by atoms with Gasteiger partial charge in [-0.15, -0.1) is 0 Å². The number of nitrogens with two attached hydrogens (primary N) is 1. The van der Waals surface area contributed by atoms with Gasteiger partial charge in [-0.1, -0.05) is 0 Å². The summed E-state index contributed by atoms with van der Waals surface area (Å²) in [5.41, 5.74) is 5.55. The summed E-state index contributed by atoms with van der Waals surface area (Å²) in [5.74, 6) is 0. The Bertz CT molecular complexity index is 383. The Hall–Kier alpha value is -0.440. The lowest BCUT2D eigenvalue weighted by Gasteiger charge is -2.45. The number of ether oxygens (including phenoxy) is 3. The second-order valence-electron chi connectivity index (χ2n) is 5.61. The summed E-state index contributed by atoms with van der Waals surface area (Å²) in [6.45, 7) is -1.26. The van der Waals surface area contributed by atoms with Gasteiger partial charge in [-0.05, 0) is 0 Å². The van der Waals surface area contributed by atoms with Crippen LogP contribution in [0.1, 0.15) is 0 Å². The normalized spacial score (nSPS) is 51.7. The quantitative estimate of drug-likeness (QED) is 0.243. The predicted molar refractivity (Wildman–Crippen MR) is 70.6 cm³/mol. The number of aliphatic hydroxyl groups is 7. The van der Waals surface area contributed by atoms with Crippen molar-refractivity contribution in [1.29, 1.82) is 0 Å². The molecule has 0 saturated carbocycles. The van der Waals surface area contributed by atoms with Crippen molar-refractivity contribution in [1.82, 2.24) is 0 Å². The fourth-order valence-corrected chi connectivity index (χ4v) is 2.60. The first kappa shape index (κ1) is 18.9. The third-order valence-electron chi connectivity index (χ3n) is 4.06. The fourth-order valence-electron chi connectivity index (χ4n) is 2.60. The molecule has 0 aromatic rings. The molecular weight excluding hydrogens is 318 g/mol. The second kappa shape index (κ2) is 7.63. The maximum atomic E-state index is 10.1. The average molecular weight is 341 g/mol. The van der Waals surface area contributed by atoms with Crippen LogP contribution in [-0.4, -0.2) is 110 Å². The van der Waals surface area contributed by atoms with E-state index in [0.717, 1.165) is 0 Å². The van der Waals surface area contributed by atoms with E-state index in [4.69, 9.17) is 25.1 Å². The molecule has 2 rings (SSSR count). The Kier molecular flexibility index (Phi) is 6.27. The SMILES string of the molecule is N[C@H]1[C@@H](O)[C@H](O[C@H]2O[C@@H](CO)[C@H](O)[C@@H](O)[C@@H]2O)[C@@H](CO)O[C@H]1O. The van der Waals surface area contributed by atoms with Gasteiger partial charge in [0.25, 0.3) is 0 Å². The Balaban J connectivity index is 2.11. The maximum absolute atomic E-state index is 10.1. The van der Waals surface area contributed by atoms with Crippen molar-refractivity contribution in [2.45, 2.75) is 61.3 Å². The highest BCUT2D eigenvalue weighted by molar-refractivity contribution is 4.94. The minimum atomic E-state index is -1.68. The number of rotatable bonds is 4. The molecular formula is C12H23NO10. The molecule has 0 aromatic heterocycles. The van der Waals surface area contributed by atoms with E-state index in [1.54, 1.807) is 0 Å². The van der Waals surface area contributed by atoms with Crippen LogP contribution in [0.2, 0.25) is 0 Å². The van der Waals surface area contributed by atoms with Crippen LogP contribution < -0.4 is 5.73 Å². The first-order chi connectivity index (χ1) is 10.8. The molecule has 2 aliphatic heterocycles. The highest BCUT2D eigenvalue weighted by Gasteiger charge is 2.49. The first-order valence-electron chi connectivity index (χ1n) is 7.15. The molecule has 2 saturated heterocycles. The lowest BCUT2D eigenvalue weighted by molar-refractivity contribution is -0.344. The van der Waals surface area contributed by atoms with Gasteiger partial charge in [0, 0.05) is 0 Å². The molecule has 0 spiro atoms. The van der Waals surface area contributed by atoms with Crippen LogP contribution in [0.15, 0.2) is 0 Å². The van der Waals surface area contributed by atoms with E-state index in [1.807, 2.05) is 0 Å². The smallest absolute Gasteiger partial charge is 0.187 e. The monoisotopic (exact) mass is 341 g/mol. The van der Waals surface area contributed by atoms with Crippen molar-refractivity contribution in [3.8, 4) is 0 Å². The molecule has 11 heteroatoms. The fraction of sp³-hybridized carbons (Fsp3) is 1.00. The van der Waals surface area contributed by atoms with Gasteiger partial charge in [-0.2, -0.15) is 0 Å². The Morgan fingerprint density at radius 2 is 1.39 bits per heavy atom. The molecule has 11 nitrogen and oxygen atoms in total. The molecule has 0 bridgehead atoms. The molecule has 2 aliphatic rings. The van der Waals surface area contributed by atoms with E-state index in [-0.39, 0.29) is 0 Å². The van der Waals surface area contributed by atoms with Crippen LogP contribution in [-0.2, 0) is 14.2 Å². The van der Waals surface area contributed by atoms with Crippen molar-refractivity contribution < 1.29 is 50.0 Å². The molecule has 2 heterocycles. The Labute approximate surface area is 131 Å².